The third kappa shape index (κ3) is 7.08. The fraction of sp³-hybridized carbons (Fsp3) is 0.500. The molecule has 2 N–H and O–H groups in total. The molecule has 2 rings (SSSR count). The molecule has 1 aliphatic rings. The van der Waals surface area contributed by atoms with Gasteiger partial charge in [0, 0.05) is 25.8 Å². The zero-order valence-electron chi connectivity index (χ0n) is 13.3. The smallest absolute Gasteiger partial charge is 0.229 e. The molecular formula is C14H23BrN4O3S. The number of hydrogen-bond acceptors (Lipinski definition) is 6. The number of ether oxygens (including phenoxy) is 1. The number of benzene rings is 1. The first-order valence-corrected chi connectivity index (χ1v) is 9.03. The fourth-order valence-corrected chi connectivity index (χ4v) is 2.64. The van der Waals surface area contributed by atoms with Gasteiger partial charge in [0.15, 0.2) is 5.96 Å². The van der Waals surface area contributed by atoms with E-state index in [1.165, 1.54) is 0 Å². The Kier molecular flexibility index (Phi) is 7.63. The van der Waals surface area contributed by atoms with Gasteiger partial charge in [-0.15, -0.1) is 17.0 Å². The van der Waals surface area contributed by atoms with E-state index < -0.39 is 10.0 Å². The number of anilines is 1. The lowest BCUT2D eigenvalue weighted by Crippen LogP contribution is -2.43. The van der Waals surface area contributed by atoms with Crippen LogP contribution < -0.4 is 14.8 Å². The standard InChI is InChI=1S/C14H22N4O3S.BrH/c1-18-10-3-8-15-14(18)16-9-11-21-13-6-4-12(5-7-13)17-22(2,19)20;/h4-7,17H,3,8-11H2,1-2H3,(H,15,16);1H. The Morgan fingerprint density at radius 1 is 1.30 bits per heavy atom. The Bertz CT molecular complexity index is 619. The number of nitrogens with zero attached hydrogens (tertiary/aromatic N) is 2. The predicted octanol–water partition coefficient (Wildman–Crippen LogP) is 1.30. The van der Waals surface area contributed by atoms with Gasteiger partial charge in [0.1, 0.15) is 12.4 Å². The zero-order chi connectivity index (χ0) is 16.0. The molecule has 0 radical (unpaired) electrons. The van der Waals surface area contributed by atoms with E-state index in [1.807, 2.05) is 7.05 Å². The van der Waals surface area contributed by atoms with E-state index >= 15 is 0 Å². The van der Waals surface area contributed by atoms with Crippen LogP contribution in [0.2, 0.25) is 0 Å². The van der Waals surface area contributed by atoms with Crippen molar-refractivity contribution in [2.45, 2.75) is 6.42 Å². The summed E-state index contributed by atoms with van der Waals surface area (Å²) in [4.78, 5) is 6.50. The van der Waals surface area contributed by atoms with Crippen molar-refractivity contribution >= 4 is 38.7 Å². The maximum absolute atomic E-state index is 11.1. The number of halogens is 1. The molecule has 0 fully saturated rings. The average Bonchev–Trinajstić information content (AvgIpc) is 2.45. The van der Waals surface area contributed by atoms with Crippen molar-refractivity contribution < 1.29 is 13.2 Å². The number of aliphatic imine (C=N–C) groups is 1. The molecule has 0 bridgehead atoms. The van der Waals surface area contributed by atoms with Crippen molar-refractivity contribution in [1.29, 1.82) is 0 Å². The lowest BCUT2D eigenvalue weighted by molar-refractivity contribution is 0.318. The minimum Gasteiger partial charge on any atom is -0.492 e. The van der Waals surface area contributed by atoms with Crippen LogP contribution in [0, 0.1) is 0 Å². The van der Waals surface area contributed by atoms with E-state index in [2.05, 4.69) is 19.9 Å². The Morgan fingerprint density at radius 2 is 2.00 bits per heavy atom. The van der Waals surface area contributed by atoms with E-state index in [4.69, 9.17) is 4.74 Å². The van der Waals surface area contributed by atoms with Crippen LogP contribution in [-0.4, -0.2) is 58.8 Å². The van der Waals surface area contributed by atoms with Gasteiger partial charge in [0.25, 0.3) is 0 Å². The highest BCUT2D eigenvalue weighted by molar-refractivity contribution is 8.93. The molecule has 0 amide bonds. The predicted molar refractivity (Wildman–Crippen MR) is 98.3 cm³/mol. The normalized spacial score (nSPS) is 14.5. The van der Waals surface area contributed by atoms with Crippen LogP contribution in [-0.2, 0) is 10.0 Å². The molecule has 130 valence electrons. The maximum atomic E-state index is 11.1. The summed E-state index contributed by atoms with van der Waals surface area (Å²) in [7, 11) is -1.23. The van der Waals surface area contributed by atoms with Crippen LogP contribution in [0.1, 0.15) is 6.42 Å². The third-order valence-electron chi connectivity index (χ3n) is 3.09. The van der Waals surface area contributed by atoms with Crippen molar-refractivity contribution in [3.63, 3.8) is 0 Å². The first-order valence-electron chi connectivity index (χ1n) is 7.14. The minimum atomic E-state index is -3.25. The second-order valence-electron chi connectivity index (χ2n) is 5.15. The summed E-state index contributed by atoms with van der Waals surface area (Å²) in [5.74, 6) is 1.60. The Morgan fingerprint density at radius 3 is 2.61 bits per heavy atom. The van der Waals surface area contributed by atoms with Crippen molar-refractivity contribution in [3.05, 3.63) is 24.3 Å². The Hall–Kier alpha value is -1.48. The van der Waals surface area contributed by atoms with E-state index in [-0.39, 0.29) is 17.0 Å². The SMILES string of the molecule is Br.CN1CCCN=C1NCCOc1ccc(NS(C)(=O)=O)cc1. The lowest BCUT2D eigenvalue weighted by Gasteiger charge is -2.25. The van der Waals surface area contributed by atoms with E-state index in [9.17, 15) is 8.42 Å². The molecule has 0 aromatic heterocycles. The molecule has 1 heterocycles. The van der Waals surface area contributed by atoms with Crippen LogP contribution in [0.4, 0.5) is 5.69 Å². The van der Waals surface area contributed by atoms with Gasteiger partial charge in [-0.1, -0.05) is 0 Å². The molecule has 7 nitrogen and oxygen atoms in total. The Balaban J connectivity index is 0.00000264. The van der Waals surface area contributed by atoms with Crippen molar-refractivity contribution in [2.24, 2.45) is 4.99 Å². The molecule has 1 aromatic carbocycles. The number of rotatable bonds is 6. The number of hydrogen-bond donors (Lipinski definition) is 2. The summed E-state index contributed by atoms with van der Waals surface area (Å²) in [5, 5.41) is 3.24. The molecule has 1 aromatic rings. The van der Waals surface area contributed by atoms with Crippen LogP contribution >= 0.6 is 17.0 Å². The quantitative estimate of drug-likeness (QED) is 0.695. The summed E-state index contributed by atoms with van der Waals surface area (Å²) in [6.07, 6.45) is 2.21. The largest absolute Gasteiger partial charge is 0.492 e. The van der Waals surface area contributed by atoms with Crippen molar-refractivity contribution in [3.8, 4) is 5.75 Å². The van der Waals surface area contributed by atoms with Gasteiger partial charge >= 0.3 is 0 Å². The van der Waals surface area contributed by atoms with Gasteiger partial charge in [-0.25, -0.2) is 8.42 Å². The monoisotopic (exact) mass is 406 g/mol. The van der Waals surface area contributed by atoms with Gasteiger partial charge in [0.05, 0.1) is 12.8 Å². The van der Waals surface area contributed by atoms with Crippen molar-refractivity contribution in [2.75, 3.05) is 44.3 Å². The van der Waals surface area contributed by atoms with Crippen LogP contribution in [0.5, 0.6) is 5.75 Å². The molecular weight excluding hydrogens is 384 g/mol. The molecule has 0 unspecified atom stereocenters. The highest BCUT2D eigenvalue weighted by atomic mass is 79.9. The van der Waals surface area contributed by atoms with Crippen LogP contribution in [0.25, 0.3) is 0 Å². The highest BCUT2D eigenvalue weighted by Gasteiger charge is 2.09. The van der Waals surface area contributed by atoms with Crippen LogP contribution in [0.3, 0.4) is 0 Å². The second-order valence-corrected chi connectivity index (χ2v) is 6.90. The molecule has 1 aliphatic heterocycles. The third-order valence-corrected chi connectivity index (χ3v) is 3.69. The first kappa shape index (κ1) is 19.6. The molecule has 0 spiro atoms. The highest BCUT2D eigenvalue weighted by Crippen LogP contribution is 2.16. The molecule has 0 saturated heterocycles. The zero-order valence-corrected chi connectivity index (χ0v) is 15.8. The molecule has 0 aliphatic carbocycles. The number of sulfonamides is 1. The molecule has 0 atom stereocenters. The van der Waals surface area contributed by atoms with Gasteiger partial charge < -0.3 is 15.0 Å². The summed E-state index contributed by atoms with van der Waals surface area (Å²) in [6, 6.07) is 6.81. The van der Waals surface area contributed by atoms with E-state index in [0.717, 1.165) is 31.7 Å². The number of nitrogens with one attached hydrogen (secondary N) is 2. The summed E-state index contributed by atoms with van der Waals surface area (Å²) >= 11 is 0. The molecule has 23 heavy (non-hydrogen) atoms. The summed E-state index contributed by atoms with van der Waals surface area (Å²) in [5.41, 5.74) is 0.520. The van der Waals surface area contributed by atoms with Crippen molar-refractivity contribution in [1.82, 2.24) is 10.2 Å². The minimum absolute atomic E-state index is 0. The van der Waals surface area contributed by atoms with Gasteiger partial charge in [-0.2, -0.15) is 0 Å². The summed E-state index contributed by atoms with van der Waals surface area (Å²) < 4.78 is 30.2. The van der Waals surface area contributed by atoms with Gasteiger partial charge in [-0.3, -0.25) is 9.71 Å². The van der Waals surface area contributed by atoms with Gasteiger partial charge in [-0.05, 0) is 30.7 Å². The lowest BCUT2D eigenvalue weighted by atomic mass is 10.3. The second kappa shape index (κ2) is 8.97. The first-order chi connectivity index (χ1) is 10.4. The molecule has 0 saturated carbocycles. The van der Waals surface area contributed by atoms with Crippen LogP contribution in [0.15, 0.2) is 29.3 Å². The molecule has 9 heteroatoms. The summed E-state index contributed by atoms with van der Waals surface area (Å²) in [6.45, 7) is 3.04. The fourth-order valence-electron chi connectivity index (χ4n) is 2.08. The van der Waals surface area contributed by atoms with E-state index in [0.29, 0.717) is 24.6 Å². The number of guanidine groups is 1. The Labute approximate surface area is 147 Å². The van der Waals surface area contributed by atoms with Gasteiger partial charge in [0.2, 0.25) is 10.0 Å². The maximum Gasteiger partial charge on any atom is 0.229 e. The average molecular weight is 407 g/mol. The topological polar surface area (TPSA) is 83.0 Å². The van der Waals surface area contributed by atoms with E-state index in [1.54, 1.807) is 24.3 Å².